The lowest BCUT2D eigenvalue weighted by Crippen LogP contribution is -2.54. The molecule has 0 bridgehead atoms. The zero-order valence-corrected chi connectivity index (χ0v) is 16.8. The van der Waals surface area contributed by atoms with Gasteiger partial charge in [0.15, 0.2) is 0 Å². The van der Waals surface area contributed by atoms with Gasteiger partial charge in [0.05, 0.1) is 6.10 Å². The molecule has 3 fully saturated rings. The number of aryl methyl sites for hydroxylation is 1. The van der Waals surface area contributed by atoms with Gasteiger partial charge in [-0.15, -0.1) is 0 Å². The molecule has 0 saturated carbocycles. The fourth-order valence-corrected chi connectivity index (χ4v) is 4.80. The predicted molar refractivity (Wildman–Crippen MR) is 108 cm³/mol. The Morgan fingerprint density at radius 1 is 1.25 bits per heavy atom. The van der Waals surface area contributed by atoms with Crippen LogP contribution < -0.4 is 5.32 Å². The van der Waals surface area contributed by atoms with E-state index < -0.39 is 0 Å². The highest BCUT2D eigenvalue weighted by Crippen LogP contribution is 2.40. The van der Waals surface area contributed by atoms with Crippen molar-refractivity contribution in [3.05, 3.63) is 29.8 Å². The predicted octanol–water partition coefficient (Wildman–Crippen LogP) is 3.41. The molecule has 4 rings (SSSR count). The van der Waals surface area contributed by atoms with Gasteiger partial charge in [-0.2, -0.15) is 0 Å². The summed E-state index contributed by atoms with van der Waals surface area (Å²) in [6, 6.07) is 7.83. The van der Waals surface area contributed by atoms with E-state index in [-0.39, 0.29) is 23.5 Å². The molecular formula is C22H31N3O3. The molecule has 1 aromatic carbocycles. The van der Waals surface area contributed by atoms with Crippen molar-refractivity contribution in [3.8, 4) is 0 Å². The first-order valence-electron chi connectivity index (χ1n) is 10.6. The van der Waals surface area contributed by atoms with E-state index in [1.807, 2.05) is 41.0 Å². The van der Waals surface area contributed by atoms with Gasteiger partial charge in [-0.3, -0.25) is 4.79 Å². The minimum atomic E-state index is -0.0211. The standard InChI is InChI=1S/C22H31N3O3/c1-17-5-2-3-7-19(17)23-21(27)24-12-10-22(11-13-24)9-8-20(26)25(16-22)15-18-6-4-14-28-18/h2-3,5,7,18H,4,6,8-16H2,1H3,(H,23,27). The molecule has 28 heavy (non-hydrogen) atoms. The number of rotatable bonds is 3. The lowest BCUT2D eigenvalue weighted by molar-refractivity contribution is -0.140. The number of hydrogen-bond acceptors (Lipinski definition) is 3. The Labute approximate surface area is 167 Å². The van der Waals surface area contributed by atoms with Crippen LogP contribution in [0.5, 0.6) is 0 Å². The number of amides is 3. The third-order valence-corrected chi connectivity index (χ3v) is 6.69. The van der Waals surface area contributed by atoms with E-state index in [4.69, 9.17) is 4.74 Å². The second-order valence-corrected chi connectivity index (χ2v) is 8.64. The van der Waals surface area contributed by atoms with Gasteiger partial charge in [0, 0.05) is 44.9 Å². The first kappa shape index (κ1) is 19.2. The van der Waals surface area contributed by atoms with E-state index in [2.05, 4.69) is 5.32 Å². The highest BCUT2D eigenvalue weighted by atomic mass is 16.5. The van der Waals surface area contributed by atoms with Crippen LogP contribution in [0.4, 0.5) is 10.5 Å². The number of nitrogens with zero attached hydrogens (tertiary/aromatic N) is 2. The molecule has 0 aliphatic carbocycles. The summed E-state index contributed by atoms with van der Waals surface area (Å²) in [5.41, 5.74) is 2.10. The van der Waals surface area contributed by atoms with Gasteiger partial charge >= 0.3 is 6.03 Å². The van der Waals surface area contributed by atoms with Crippen LogP contribution >= 0.6 is 0 Å². The van der Waals surface area contributed by atoms with E-state index in [1.165, 1.54) is 0 Å². The number of para-hydroxylation sites is 1. The SMILES string of the molecule is Cc1ccccc1NC(=O)N1CCC2(CCC(=O)N(CC3CCCO3)C2)CC1. The molecule has 0 radical (unpaired) electrons. The number of anilines is 1. The van der Waals surface area contributed by atoms with Gasteiger partial charge in [0.25, 0.3) is 0 Å². The summed E-state index contributed by atoms with van der Waals surface area (Å²) in [5, 5.41) is 3.04. The van der Waals surface area contributed by atoms with Crippen molar-refractivity contribution in [3.63, 3.8) is 0 Å². The zero-order valence-electron chi connectivity index (χ0n) is 16.8. The van der Waals surface area contributed by atoms with Crippen molar-refractivity contribution in [2.24, 2.45) is 5.41 Å². The maximum atomic E-state index is 12.7. The molecule has 6 heteroatoms. The van der Waals surface area contributed by atoms with Crippen LogP contribution in [0.1, 0.15) is 44.1 Å². The van der Waals surface area contributed by atoms with E-state index in [1.54, 1.807) is 0 Å². The third kappa shape index (κ3) is 4.17. The Morgan fingerprint density at radius 3 is 2.75 bits per heavy atom. The molecule has 0 aromatic heterocycles. The van der Waals surface area contributed by atoms with Crippen LogP contribution in [0.2, 0.25) is 0 Å². The lowest BCUT2D eigenvalue weighted by atomic mass is 9.72. The fourth-order valence-electron chi connectivity index (χ4n) is 4.80. The number of likely N-dealkylation sites (tertiary alicyclic amines) is 2. The van der Waals surface area contributed by atoms with Crippen molar-refractivity contribution in [2.75, 3.05) is 38.1 Å². The summed E-state index contributed by atoms with van der Waals surface area (Å²) in [4.78, 5) is 29.0. The van der Waals surface area contributed by atoms with Crippen LogP contribution in [-0.4, -0.2) is 60.6 Å². The Balaban J connectivity index is 1.33. The summed E-state index contributed by atoms with van der Waals surface area (Å²) >= 11 is 0. The number of piperidine rings is 2. The first-order chi connectivity index (χ1) is 13.5. The highest BCUT2D eigenvalue weighted by Gasteiger charge is 2.42. The molecule has 1 aromatic rings. The minimum absolute atomic E-state index is 0.0211. The maximum Gasteiger partial charge on any atom is 0.321 e. The fraction of sp³-hybridized carbons (Fsp3) is 0.636. The van der Waals surface area contributed by atoms with E-state index in [0.717, 1.165) is 76.1 Å². The lowest BCUT2D eigenvalue weighted by Gasteiger charge is -2.47. The van der Waals surface area contributed by atoms with Crippen LogP contribution in [0.25, 0.3) is 0 Å². The quantitative estimate of drug-likeness (QED) is 0.867. The number of nitrogens with one attached hydrogen (secondary N) is 1. The van der Waals surface area contributed by atoms with Crippen LogP contribution in [0.15, 0.2) is 24.3 Å². The van der Waals surface area contributed by atoms with Crippen LogP contribution in [0, 0.1) is 12.3 Å². The van der Waals surface area contributed by atoms with Gasteiger partial charge in [0.2, 0.25) is 5.91 Å². The third-order valence-electron chi connectivity index (χ3n) is 6.69. The van der Waals surface area contributed by atoms with Crippen molar-refractivity contribution >= 4 is 17.6 Å². The van der Waals surface area contributed by atoms with E-state index in [0.29, 0.717) is 6.42 Å². The summed E-state index contributed by atoms with van der Waals surface area (Å²) in [6.07, 6.45) is 5.86. The first-order valence-corrected chi connectivity index (χ1v) is 10.6. The number of benzene rings is 1. The van der Waals surface area contributed by atoms with Crippen molar-refractivity contribution < 1.29 is 14.3 Å². The molecule has 3 amide bonds. The van der Waals surface area contributed by atoms with Gasteiger partial charge in [-0.1, -0.05) is 18.2 Å². The molecule has 3 aliphatic heterocycles. The molecular weight excluding hydrogens is 354 g/mol. The number of hydrogen-bond donors (Lipinski definition) is 1. The van der Waals surface area contributed by atoms with Crippen molar-refractivity contribution in [1.29, 1.82) is 0 Å². The largest absolute Gasteiger partial charge is 0.376 e. The number of urea groups is 1. The van der Waals surface area contributed by atoms with E-state index >= 15 is 0 Å². The summed E-state index contributed by atoms with van der Waals surface area (Å²) in [7, 11) is 0. The maximum absolute atomic E-state index is 12.7. The summed E-state index contributed by atoms with van der Waals surface area (Å²) in [5.74, 6) is 0.265. The Kier molecular flexibility index (Phi) is 5.58. The molecule has 1 spiro atoms. The molecule has 3 saturated heterocycles. The molecule has 3 aliphatic rings. The van der Waals surface area contributed by atoms with Gasteiger partial charge in [0.1, 0.15) is 0 Å². The van der Waals surface area contributed by atoms with Gasteiger partial charge < -0.3 is 19.9 Å². The average Bonchev–Trinajstić information content (AvgIpc) is 3.20. The van der Waals surface area contributed by atoms with Gasteiger partial charge in [-0.25, -0.2) is 4.79 Å². The molecule has 152 valence electrons. The van der Waals surface area contributed by atoms with Gasteiger partial charge in [-0.05, 0) is 56.1 Å². The monoisotopic (exact) mass is 385 g/mol. The molecule has 3 heterocycles. The molecule has 6 nitrogen and oxygen atoms in total. The molecule has 1 unspecified atom stereocenters. The summed E-state index contributed by atoms with van der Waals surface area (Å²) in [6.45, 7) is 5.88. The summed E-state index contributed by atoms with van der Waals surface area (Å²) < 4.78 is 5.74. The number of carbonyl (C=O) groups excluding carboxylic acids is 2. The highest BCUT2D eigenvalue weighted by molar-refractivity contribution is 5.90. The van der Waals surface area contributed by atoms with Crippen molar-refractivity contribution in [2.45, 2.75) is 51.6 Å². The second kappa shape index (κ2) is 8.11. The van der Waals surface area contributed by atoms with Crippen molar-refractivity contribution in [1.82, 2.24) is 9.80 Å². The minimum Gasteiger partial charge on any atom is -0.376 e. The zero-order chi connectivity index (χ0) is 19.6. The Hall–Kier alpha value is -2.08. The Bertz CT molecular complexity index is 721. The normalized spacial score (nSPS) is 24.6. The average molecular weight is 386 g/mol. The second-order valence-electron chi connectivity index (χ2n) is 8.64. The van der Waals surface area contributed by atoms with Crippen LogP contribution in [-0.2, 0) is 9.53 Å². The van der Waals surface area contributed by atoms with E-state index in [9.17, 15) is 9.59 Å². The molecule has 1 atom stereocenters. The Morgan fingerprint density at radius 2 is 2.04 bits per heavy atom. The molecule has 1 N–H and O–H groups in total. The number of ether oxygens (including phenoxy) is 1. The number of carbonyl (C=O) groups is 2. The van der Waals surface area contributed by atoms with Crippen LogP contribution in [0.3, 0.4) is 0 Å². The smallest absolute Gasteiger partial charge is 0.321 e. The topological polar surface area (TPSA) is 61.9 Å².